The third-order valence-corrected chi connectivity index (χ3v) is 6.29. The van der Waals surface area contributed by atoms with Gasteiger partial charge in [-0.15, -0.1) is 0 Å². The molecule has 0 aromatic heterocycles. The average Bonchev–Trinajstić information content (AvgIpc) is 2.80. The molecule has 1 aliphatic heterocycles. The maximum Gasteiger partial charge on any atom is 0.251 e. The molecule has 2 N–H and O–H groups in total. The molecule has 112 valence electrons. The van der Waals surface area contributed by atoms with Gasteiger partial charge in [0.05, 0.1) is 5.75 Å². The van der Waals surface area contributed by atoms with E-state index in [4.69, 9.17) is 5.73 Å². The Balaban J connectivity index is 2.08. The van der Waals surface area contributed by atoms with Crippen LogP contribution in [0.1, 0.15) is 38.5 Å². The summed E-state index contributed by atoms with van der Waals surface area (Å²) < 4.78 is 53.5. The van der Waals surface area contributed by atoms with Gasteiger partial charge in [-0.3, -0.25) is 0 Å². The van der Waals surface area contributed by atoms with Crippen molar-refractivity contribution in [3.8, 4) is 0 Å². The summed E-state index contributed by atoms with van der Waals surface area (Å²) in [5.41, 5.74) is 5.55. The van der Waals surface area contributed by atoms with Gasteiger partial charge in [0.1, 0.15) is 0 Å². The number of rotatable bonds is 4. The number of nitrogens with two attached hydrogens (primary N) is 1. The van der Waals surface area contributed by atoms with Crippen LogP contribution in [0.3, 0.4) is 0 Å². The zero-order valence-electron chi connectivity index (χ0n) is 11.0. The molecule has 0 aromatic carbocycles. The van der Waals surface area contributed by atoms with E-state index in [-0.39, 0.29) is 19.0 Å². The molecule has 0 bridgehead atoms. The largest absolute Gasteiger partial charge is 0.329 e. The summed E-state index contributed by atoms with van der Waals surface area (Å²) in [5.74, 6) is -4.31. The molecule has 19 heavy (non-hydrogen) atoms. The van der Waals surface area contributed by atoms with E-state index in [0.29, 0.717) is 25.8 Å². The van der Waals surface area contributed by atoms with E-state index < -0.39 is 27.6 Å². The van der Waals surface area contributed by atoms with Crippen molar-refractivity contribution >= 4 is 10.0 Å². The standard InChI is InChI=1S/C12H22F2N2O2S/c13-12(14)6-2-1-4-10(12)9-19(17,18)16-7-3-5-11(16)8-15/h10-11H,1-9,15H2. The van der Waals surface area contributed by atoms with Gasteiger partial charge in [-0.1, -0.05) is 6.42 Å². The molecule has 2 unspecified atom stereocenters. The van der Waals surface area contributed by atoms with Crippen LogP contribution in [0.2, 0.25) is 0 Å². The first-order valence-electron chi connectivity index (χ1n) is 6.94. The fourth-order valence-corrected chi connectivity index (χ4v) is 5.30. The van der Waals surface area contributed by atoms with Crippen LogP contribution >= 0.6 is 0 Å². The SMILES string of the molecule is NCC1CCCN1S(=O)(=O)CC1CCCCC1(F)F. The van der Waals surface area contributed by atoms with Crippen molar-refractivity contribution in [1.82, 2.24) is 4.31 Å². The fourth-order valence-electron chi connectivity index (χ4n) is 3.13. The molecule has 0 spiro atoms. The first-order valence-corrected chi connectivity index (χ1v) is 8.55. The Hall–Kier alpha value is -0.270. The number of alkyl halides is 2. The molecule has 1 saturated carbocycles. The van der Waals surface area contributed by atoms with Crippen molar-refractivity contribution in [1.29, 1.82) is 0 Å². The van der Waals surface area contributed by atoms with Crippen molar-refractivity contribution in [2.24, 2.45) is 11.7 Å². The van der Waals surface area contributed by atoms with Gasteiger partial charge in [-0.2, -0.15) is 4.31 Å². The van der Waals surface area contributed by atoms with E-state index >= 15 is 0 Å². The Morgan fingerprint density at radius 3 is 2.58 bits per heavy atom. The molecular weight excluding hydrogens is 274 g/mol. The highest BCUT2D eigenvalue weighted by Gasteiger charge is 2.45. The summed E-state index contributed by atoms with van der Waals surface area (Å²) in [6, 6.07) is -0.206. The van der Waals surface area contributed by atoms with E-state index in [2.05, 4.69) is 0 Å². The minimum Gasteiger partial charge on any atom is -0.329 e. The average molecular weight is 296 g/mol. The smallest absolute Gasteiger partial charge is 0.251 e. The molecule has 1 aliphatic carbocycles. The van der Waals surface area contributed by atoms with Crippen molar-refractivity contribution in [2.75, 3.05) is 18.8 Å². The van der Waals surface area contributed by atoms with Crippen LogP contribution in [0.25, 0.3) is 0 Å². The molecule has 1 saturated heterocycles. The number of nitrogens with zero attached hydrogens (tertiary/aromatic N) is 1. The Bertz CT molecular complexity index is 414. The van der Waals surface area contributed by atoms with Crippen molar-refractivity contribution in [3.05, 3.63) is 0 Å². The lowest BCUT2D eigenvalue weighted by molar-refractivity contribution is -0.0773. The summed E-state index contributed by atoms with van der Waals surface area (Å²) in [6.45, 7) is 0.683. The molecule has 2 aliphatic rings. The Kier molecular flexibility index (Phi) is 4.47. The molecule has 4 nitrogen and oxygen atoms in total. The molecule has 2 atom stereocenters. The molecule has 2 fully saturated rings. The van der Waals surface area contributed by atoms with Crippen LogP contribution in [0, 0.1) is 5.92 Å². The predicted octanol–water partition coefficient (Wildman–Crippen LogP) is 1.56. The predicted molar refractivity (Wildman–Crippen MR) is 69.5 cm³/mol. The second-order valence-electron chi connectivity index (χ2n) is 5.62. The lowest BCUT2D eigenvalue weighted by Gasteiger charge is -2.33. The summed E-state index contributed by atoms with van der Waals surface area (Å²) >= 11 is 0. The maximum atomic E-state index is 13.8. The molecule has 2 rings (SSSR count). The summed E-state index contributed by atoms with van der Waals surface area (Å²) in [5, 5.41) is 0. The molecule has 0 amide bonds. The highest BCUT2D eigenvalue weighted by Crippen LogP contribution is 2.39. The third kappa shape index (κ3) is 3.25. The molecule has 0 aromatic rings. The monoisotopic (exact) mass is 296 g/mol. The van der Waals surface area contributed by atoms with E-state index in [9.17, 15) is 17.2 Å². The van der Waals surface area contributed by atoms with Gasteiger partial charge in [-0.05, 0) is 25.7 Å². The summed E-state index contributed by atoms with van der Waals surface area (Å²) in [6.07, 6.45) is 2.79. The maximum absolute atomic E-state index is 13.8. The Morgan fingerprint density at radius 2 is 1.95 bits per heavy atom. The number of hydrogen-bond acceptors (Lipinski definition) is 3. The van der Waals surface area contributed by atoms with Gasteiger partial charge in [0, 0.05) is 31.5 Å². The topological polar surface area (TPSA) is 63.4 Å². The lowest BCUT2D eigenvalue weighted by Crippen LogP contribution is -2.45. The van der Waals surface area contributed by atoms with Crippen molar-refractivity contribution < 1.29 is 17.2 Å². The van der Waals surface area contributed by atoms with Crippen LogP contribution < -0.4 is 5.73 Å². The lowest BCUT2D eigenvalue weighted by atomic mass is 9.87. The van der Waals surface area contributed by atoms with Crippen LogP contribution in [0.5, 0.6) is 0 Å². The quantitative estimate of drug-likeness (QED) is 0.856. The number of sulfonamides is 1. The van der Waals surface area contributed by atoms with Gasteiger partial charge in [0.15, 0.2) is 0 Å². The minimum atomic E-state index is -3.62. The van der Waals surface area contributed by atoms with E-state index in [1.165, 1.54) is 4.31 Å². The second kappa shape index (κ2) is 5.61. The highest BCUT2D eigenvalue weighted by molar-refractivity contribution is 7.89. The van der Waals surface area contributed by atoms with Crippen LogP contribution in [-0.4, -0.2) is 43.5 Å². The number of halogens is 2. The van der Waals surface area contributed by atoms with Crippen LogP contribution in [0.15, 0.2) is 0 Å². The Morgan fingerprint density at radius 1 is 1.21 bits per heavy atom. The second-order valence-corrected chi connectivity index (χ2v) is 7.59. The summed E-state index contributed by atoms with van der Waals surface area (Å²) in [4.78, 5) is 0. The van der Waals surface area contributed by atoms with E-state index in [1.54, 1.807) is 0 Å². The molecule has 7 heteroatoms. The van der Waals surface area contributed by atoms with Crippen molar-refractivity contribution in [2.45, 2.75) is 50.5 Å². The minimum absolute atomic E-state index is 0.187. The van der Waals surface area contributed by atoms with E-state index in [1.807, 2.05) is 0 Å². The van der Waals surface area contributed by atoms with Gasteiger partial charge in [-0.25, -0.2) is 17.2 Å². The number of hydrogen-bond donors (Lipinski definition) is 1. The highest BCUT2D eigenvalue weighted by atomic mass is 32.2. The molecular formula is C12H22F2N2O2S. The normalized spacial score (nSPS) is 32.6. The zero-order chi connectivity index (χ0) is 14.1. The summed E-state index contributed by atoms with van der Waals surface area (Å²) in [7, 11) is -3.62. The van der Waals surface area contributed by atoms with Crippen LogP contribution in [-0.2, 0) is 10.0 Å². The third-order valence-electron chi connectivity index (χ3n) is 4.27. The molecule has 0 radical (unpaired) electrons. The van der Waals surface area contributed by atoms with Gasteiger partial charge in [0.2, 0.25) is 10.0 Å². The first kappa shape index (κ1) is 15.1. The fraction of sp³-hybridized carbons (Fsp3) is 1.00. The zero-order valence-corrected chi connectivity index (χ0v) is 11.8. The van der Waals surface area contributed by atoms with Gasteiger partial charge in [0.25, 0.3) is 5.92 Å². The Labute approximate surface area is 113 Å². The van der Waals surface area contributed by atoms with Crippen LogP contribution in [0.4, 0.5) is 8.78 Å². The van der Waals surface area contributed by atoms with E-state index in [0.717, 1.165) is 12.8 Å². The van der Waals surface area contributed by atoms with Gasteiger partial charge >= 0.3 is 0 Å². The van der Waals surface area contributed by atoms with Crippen molar-refractivity contribution in [3.63, 3.8) is 0 Å². The first-order chi connectivity index (χ1) is 8.87. The van der Waals surface area contributed by atoms with Gasteiger partial charge < -0.3 is 5.73 Å². The molecule has 1 heterocycles.